The van der Waals surface area contributed by atoms with Crippen LogP contribution in [0.15, 0.2) is 78.9 Å². The normalized spacial score (nSPS) is 23.9. The Bertz CT molecular complexity index is 1120. The van der Waals surface area contributed by atoms with Crippen molar-refractivity contribution < 1.29 is 23.4 Å². The van der Waals surface area contributed by atoms with E-state index in [1.165, 1.54) is 12.1 Å². The number of ether oxygens (including phenoxy) is 3. The van der Waals surface area contributed by atoms with Crippen molar-refractivity contribution in [2.45, 2.75) is 38.4 Å². The zero-order chi connectivity index (χ0) is 23.0. The summed E-state index contributed by atoms with van der Waals surface area (Å²) in [7, 11) is 0. The van der Waals surface area contributed by atoms with E-state index in [0.717, 1.165) is 16.9 Å². The van der Waals surface area contributed by atoms with E-state index >= 15 is 0 Å². The Morgan fingerprint density at radius 2 is 1.70 bits per heavy atom. The van der Waals surface area contributed by atoms with Crippen molar-refractivity contribution >= 4 is 11.6 Å². The molecule has 2 aliphatic rings. The molecule has 2 saturated heterocycles. The first-order valence-electron chi connectivity index (χ1n) is 11.1. The molecule has 0 spiro atoms. The maximum Gasteiger partial charge on any atom is 0.235 e. The average molecular weight is 448 g/mol. The van der Waals surface area contributed by atoms with Crippen molar-refractivity contribution in [3.63, 3.8) is 0 Å². The van der Waals surface area contributed by atoms with Gasteiger partial charge in [0.2, 0.25) is 5.91 Å². The lowest BCUT2D eigenvalue weighted by atomic mass is 9.78. The van der Waals surface area contributed by atoms with Crippen molar-refractivity contribution in [1.29, 1.82) is 0 Å². The lowest BCUT2D eigenvalue weighted by molar-refractivity contribution is -0.157. The smallest absolute Gasteiger partial charge is 0.235 e. The van der Waals surface area contributed by atoms with Crippen LogP contribution in [0.25, 0.3) is 0 Å². The Morgan fingerprint density at radius 1 is 1.00 bits per heavy atom. The van der Waals surface area contributed by atoms with Crippen LogP contribution in [-0.4, -0.2) is 24.4 Å². The van der Waals surface area contributed by atoms with Gasteiger partial charge in [-0.3, -0.25) is 4.79 Å². The minimum atomic E-state index is -0.721. The first-order valence-corrected chi connectivity index (χ1v) is 11.1. The SMILES string of the molecule is CC1(C)OC[C@@H]([C@H]2C(=O)N(c3ccc(F)cc3)[C@@H]2c2ccc(OCc3ccccc3)cc2)O1. The fourth-order valence-corrected chi connectivity index (χ4v) is 4.51. The van der Waals surface area contributed by atoms with Gasteiger partial charge in [0.1, 0.15) is 18.2 Å². The summed E-state index contributed by atoms with van der Waals surface area (Å²) in [5, 5.41) is 0. The molecular formula is C27H26FNO4. The van der Waals surface area contributed by atoms with Crippen LogP contribution in [0.4, 0.5) is 10.1 Å². The standard InChI is InChI=1S/C27H26FNO4/c1-27(2)32-17-23(33-27)24-25(29(26(24)30)21-12-10-20(28)11-13-21)19-8-14-22(15-9-19)31-16-18-6-4-3-5-7-18/h3-15,23-25H,16-17H2,1-2H3/t23-,24+,25+/m0/s1. The topological polar surface area (TPSA) is 48.0 Å². The predicted molar refractivity (Wildman–Crippen MR) is 122 cm³/mol. The molecule has 2 aliphatic heterocycles. The molecule has 6 heteroatoms. The zero-order valence-corrected chi connectivity index (χ0v) is 18.6. The van der Waals surface area contributed by atoms with E-state index in [1.807, 2.05) is 68.4 Å². The van der Waals surface area contributed by atoms with Crippen molar-refractivity contribution in [1.82, 2.24) is 0 Å². The Kier molecular flexibility index (Phi) is 5.64. The van der Waals surface area contributed by atoms with Gasteiger partial charge < -0.3 is 19.1 Å². The van der Waals surface area contributed by atoms with Gasteiger partial charge in [-0.2, -0.15) is 0 Å². The van der Waals surface area contributed by atoms with Crippen molar-refractivity contribution in [3.05, 3.63) is 95.8 Å². The molecule has 0 radical (unpaired) electrons. The Hall–Kier alpha value is -3.22. The molecule has 0 bridgehead atoms. The van der Waals surface area contributed by atoms with E-state index in [-0.39, 0.29) is 29.8 Å². The van der Waals surface area contributed by atoms with E-state index in [2.05, 4.69) is 0 Å². The molecule has 3 aromatic rings. The first kappa shape index (κ1) is 21.6. The molecule has 1 amide bonds. The van der Waals surface area contributed by atoms with Gasteiger partial charge >= 0.3 is 0 Å². The highest BCUT2D eigenvalue weighted by atomic mass is 19.1. The molecule has 2 heterocycles. The number of halogens is 1. The van der Waals surface area contributed by atoms with Gasteiger partial charge in [-0.1, -0.05) is 42.5 Å². The summed E-state index contributed by atoms with van der Waals surface area (Å²) in [6.45, 7) is 4.54. The Balaban J connectivity index is 1.38. The van der Waals surface area contributed by atoms with Crippen LogP contribution in [0.5, 0.6) is 5.75 Å². The van der Waals surface area contributed by atoms with Crippen molar-refractivity contribution in [2.24, 2.45) is 5.92 Å². The lowest BCUT2D eigenvalue weighted by Crippen LogP contribution is -2.60. The summed E-state index contributed by atoms with van der Waals surface area (Å²) in [6, 6.07) is 23.5. The highest BCUT2D eigenvalue weighted by Crippen LogP contribution is 2.48. The Morgan fingerprint density at radius 3 is 2.33 bits per heavy atom. The molecule has 0 N–H and O–H groups in total. The van der Waals surface area contributed by atoms with Gasteiger partial charge in [0, 0.05) is 5.69 Å². The molecule has 170 valence electrons. The number of nitrogens with zero attached hydrogens (tertiary/aromatic N) is 1. The third kappa shape index (κ3) is 4.36. The number of carbonyl (C=O) groups is 1. The second-order valence-corrected chi connectivity index (χ2v) is 8.87. The monoisotopic (exact) mass is 447 g/mol. The predicted octanol–water partition coefficient (Wildman–Crippen LogP) is 5.26. The maximum atomic E-state index is 13.5. The highest BCUT2D eigenvalue weighted by Gasteiger charge is 2.55. The second kappa shape index (κ2) is 8.61. The van der Waals surface area contributed by atoms with Gasteiger partial charge in [-0.25, -0.2) is 4.39 Å². The molecule has 5 nitrogen and oxygen atoms in total. The van der Waals surface area contributed by atoms with Crippen LogP contribution in [0, 0.1) is 11.7 Å². The number of rotatable bonds is 6. The summed E-state index contributed by atoms with van der Waals surface area (Å²) < 4.78 is 31.2. The minimum Gasteiger partial charge on any atom is -0.489 e. The molecule has 2 fully saturated rings. The summed E-state index contributed by atoms with van der Waals surface area (Å²) >= 11 is 0. The molecule has 3 aromatic carbocycles. The van der Waals surface area contributed by atoms with Crippen molar-refractivity contribution in [3.8, 4) is 5.75 Å². The van der Waals surface area contributed by atoms with Gasteiger partial charge in [0.15, 0.2) is 5.79 Å². The third-order valence-electron chi connectivity index (χ3n) is 6.15. The molecule has 3 atom stereocenters. The zero-order valence-electron chi connectivity index (χ0n) is 18.6. The minimum absolute atomic E-state index is 0.0534. The fourth-order valence-electron chi connectivity index (χ4n) is 4.51. The van der Waals surface area contributed by atoms with E-state index in [1.54, 1.807) is 17.0 Å². The number of anilines is 1. The lowest BCUT2D eigenvalue weighted by Gasteiger charge is -2.49. The van der Waals surface area contributed by atoms with Gasteiger partial charge in [-0.15, -0.1) is 0 Å². The number of benzene rings is 3. The summed E-state index contributed by atoms with van der Waals surface area (Å²) in [4.78, 5) is 14.9. The van der Waals surface area contributed by atoms with Crippen LogP contribution in [0.1, 0.15) is 31.0 Å². The van der Waals surface area contributed by atoms with Crippen LogP contribution in [0.2, 0.25) is 0 Å². The molecule has 0 unspecified atom stereocenters. The number of β-lactam (4-membered cyclic amide) rings is 1. The van der Waals surface area contributed by atoms with E-state index in [0.29, 0.717) is 18.9 Å². The number of hydrogen-bond acceptors (Lipinski definition) is 4. The summed E-state index contributed by atoms with van der Waals surface area (Å²) in [6.07, 6.45) is -0.344. The molecule has 33 heavy (non-hydrogen) atoms. The number of amides is 1. The van der Waals surface area contributed by atoms with Gasteiger partial charge in [-0.05, 0) is 61.4 Å². The van der Waals surface area contributed by atoms with Crippen LogP contribution in [-0.2, 0) is 20.9 Å². The number of carbonyl (C=O) groups excluding carboxylic acids is 1. The molecule has 5 rings (SSSR count). The van der Waals surface area contributed by atoms with Gasteiger partial charge in [0.25, 0.3) is 0 Å². The van der Waals surface area contributed by atoms with Crippen molar-refractivity contribution in [2.75, 3.05) is 11.5 Å². The van der Waals surface area contributed by atoms with Crippen LogP contribution in [0.3, 0.4) is 0 Å². The first-order chi connectivity index (χ1) is 15.9. The summed E-state index contributed by atoms with van der Waals surface area (Å²) in [5.41, 5.74) is 2.71. The Labute approximate surface area is 192 Å². The van der Waals surface area contributed by atoms with E-state index in [4.69, 9.17) is 14.2 Å². The van der Waals surface area contributed by atoms with E-state index < -0.39 is 5.79 Å². The quantitative estimate of drug-likeness (QED) is 0.484. The number of hydrogen-bond donors (Lipinski definition) is 0. The van der Waals surface area contributed by atoms with Crippen LogP contribution < -0.4 is 9.64 Å². The van der Waals surface area contributed by atoms with Gasteiger partial charge in [0.05, 0.1) is 24.7 Å². The fraction of sp³-hybridized carbons (Fsp3) is 0.296. The summed E-state index contributed by atoms with van der Waals surface area (Å²) in [5.74, 6) is -0.745. The largest absolute Gasteiger partial charge is 0.489 e. The second-order valence-electron chi connectivity index (χ2n) is 8.87. The molecule has 0 aromatic heterocycles. The molecule has 0 aliphatic carbocycles. The molecule has 0 saturated carbocycles. The average Bonchev–Trinajstić information content (AvgIpc) is 3.17. The molecular weight excluding hydrogens is 421 g/mol. The van der Waals surface area contributed by atoms with E-state index in [9.17, 15) is 9.18 Å². The van der Waals surface area contributed by atoms with Crippen LogP contribution >= 0.6 is 0 Å². The maximum absolute atomic E-state index is 13.5. The third-order valence-corrected chi connectivity index (χ3v) is 6.15. The highest BCUT2D eigenvalue weighted by molar-refractivity contribution is 6.03.